The third kappa shape index (κ3) is 5.27. The van der Waals surface area contributed by atoms with Gasteiger partial charge in [0.15, 0.2) is 0 Å². The number of carbonyl (C=O) groups is 3. The number of benzene rings is 3. The number of nitrogens with zero attached hydrogens (tertiary/aromatic N) is 1. The Morgan fingerprint density at radius 2 is 1.73 bits per heavy atom. The van der Waals surface area contributed by atoms with Crippen molar-refractivity contribution in [3.63, 3.8) is 0 Å². The highest BCUT2D eigenvalue weighted by atomic mass is 16.5. The number of hydrogen-bond acceptors (Lipinski definition) is 4. The maximum atomic E-state index is 12.7. The average molecular weight is 442 g/mol. The van der Waals surface area contributed by atoms with Crippen LogP contribution in [0.1, 0.15) is 32.6 Å². The molecule has 0 saturated carbocycles. The van der Waals surface area contributed by atoms with Crippen molar-refractivity contribution in [2.24, 2.45) is 0 Å². The summed E-state index contributed by atoms with van der Waals surface area (Å²) in [6, 6.07) is 20.8. The smallest absolute Gasteiger partial charge is 0.335 e. The predicted molar refractivity (Wildman–Crippen MR) is 122 cm³/mol. The molecule has 0 aromatic heterocycles. The van der Waals surface area contributed by atoms with Crippen LogP contribution in [0.4, 0.5) is 4.79 Å². The van der Waals surface area contributed by atoms with Crippen molar-refractivity contribution in [2.45, 2.75) is 20.1 Å². The van der Waals surface area contributed by atoms with E-state index in [2.05, 4.69) is 5.32 Å². The van der Waals surface area contributed by atoms with E-state index in [9.17, 15) is 14.4 Å². The van der Waals surface area contributed by atoms with Crippen LogP contribution in [-0.4, -0.2) is 27.9 Å². The highest BCUT2D eigenvalue weighted by molar-refractivity contribution is 6.13. The molecule has 1 fully saturated rings. The Hall–Kier alpha value is -4.39. The van der Waals surface area contributed by atoms with Crippen molar-refractivity contribution >= 4 is 24.0 Å². The van der Waals surface area contributed by atoms with Crippen LogP contribution in [0.25, 0.3) is 6.08 Å². The number of aromatic carboxylic acids is 1. The Morgan fingerprint density at radius 1 is 1.00 bits per heavy atom. The first-order valence-electron chi connectivity index (χ1n) is 10.3. The lowest BCUT2D eigenvalue weighted by Crippen LogP contribution is -2.30. The average Bonchev–Trinajstić information content (AvgIpc) is 3.06. The minimum Gasteiger partial charge on any atom is -0.489 e. The second kappa shape index (κ2) is 9.40. The third-order valence-corrected chi connectivity index (χ3v) is 5.16. The quantitative estimate of drug-likeness (QED) is 0.419. The largest absolute Gasteiger partial charge is 0.489 e. The molecule has 1 saturated heterocycles. The Kier molecular flexibility index (Phi) is 6.22. The number of ether oxygens (including phenoxy) is 1. The van der Waals surface area contributed by atoms with Crippen molar-refractivity contribution in [3.05, 3.63) is 106 Å². The number of nitrogens with one attached hydrogen (secondary N) is 1. The molecule has 0 atom stereocenters. The molecule has 33 heavy (non-hydrogen) atoms. The molecule has 0 radical (unpaired) electrons. The summed E-state index contributed by atoms with van der Waals surface area (Å²) in [5.41, 5.74) is 3.84. The molecule has 7 nitrogen and oxygen atoms in total. The van der Waals surface area contributed by atoms with Gasteiger partial charge in [0, 0.05) is 0 Å². The Bertz CT molecular complexity index is 1250. The van der Waals surface area contributed by atoms with Gasteiger partial charge in [0.2, 0.25) is 0 Å². The fraction of sp³-hybridized carbons (Fsp3) is 0.115. The van der Waals surface area contributed by atoms with E-state index in [0.717, 1.165) is 22.3 Å². The lowest BCUT2D eigenvalue weighted by molar-refractivity contribution is -0.123. The lowest BCUT2D eigenvalue weighted by atomic mass is 10.1. The maximum Gasteiger partial charge on any atom is 0.335 e. The maximum absolute atomic E-state index is 12.7. The number of hydrogen-bond donors (Lipinski definition) is 2. The molecule has 1 heterocycles. The van der Waals surface area contributed by atoms with Crippen molar-refractivity contribution in [3.8, 4) is 5.75 Å². The molecular formula is C26H22N2O5. The van der Waals surface area contributed by atoms with E-state index < -0.39 is 12.0 Å². The van der Waals surface area contributed by atoms with Gasteiger partial charge in [-0.25, -0.2) is 9.59 Å². The highest BCUT2D eigenvalue weighted by Gasteiger charge is 2.33. The second-order valence-electron chi connectivity index (χ2n) is 7.73. The predicted octanol–water partition coefficient (Wildman–Crippen LogP) is 4.37. The third-order valence-electron chi connectivity index (χ3n) is 5.16. The van der Waals surface area contributed by atoms with Crippen molar-refractivity contribution in [2.75, 3.05) is 0 Å². The van der Waals surface area contributed by atoms with Crippen LogP contribution in [0.3, 0.4) is 0 Å². The number of carboxylic acids is 1. The molecule has 0 unspecified atom stereocenters. The number of amides is 3. The van der Waals surface area contributed by atoms with Gasteiger partial charge in [-0.05, 0) is 54.0 Å². The zero-order chi connectivity index (χ0) is 23.4. The molecule has 1 aliphatic heterocycles. The Balaban J connectivity index is 1.40. The summed E-state index contributed by atoms with van der Waals surface area (Å²) in [5.74, 6) is -0.763. The molecule has 4 rings (SSSR count). The fourth-order valence-corrected chi connectivity index (χ4v) is 3.50. The number of imide groups is 1. The molecule has 0 aliphatic carbocycles. The van der Waals surface area contributed by atoms with Gasteiger partial charge in [0.05, 0.1) is 12.1 Å². The molecule has 3 amide bonds. The molecule has 3 aromatic rings. The van der Waals surface area contributed by atoms with Gasteiger partial charge in [0.1, 0.15) is 18.1 Å². The van der Waals surface area contributed by atoms with Gasteiger partial charge < -0.3 is 15.2 Å². The zero-order valence-electron chi connectivity index (χ0n) is 17.9. The highest BCUT2D eigenvalue weighted by Crippen LogP contribution is 2.20. The van der Waals surface area contributed by atoms with Gasteiger partial charge in [-0.1, -0.05) is 54.1 Å². The first kappa shape index (κ1) is 21.8. The van der Waals surface area contributed by atoms with Crippen LogP contribution in [0.15, 0.2) is 78.5 Å². The summed E-state index contributed by atoms with van der Waals surface area (Å²) in [5, 5.41) is 11.7. The monoisotopic (exact) mass is 442 g/mol. The standard InChI is InChI=1S/C26H22N2O5/c1-17-4-2-5-19(12-17)15-28-24(29)23(27-26(28)32)14-18-8-10-22(11-9-18)33-16-20-6-3-7-21(13-20)25(30)31/h2-14H,15-16H2,1H3,(H,27,32)(H,30,31)/b23-14+. The number of urea groups is 1. The van der Waals surface area contributed by atoms with Crippen molar-refractivity contribution in [1.82, 2.24) is 10.2 Å². The molecule has 166 valence electrons. The minimum absolute atomic E-state index is 0.206. The Morgan fingerprint density at radius 3 is 2.45 bits per heavy atom. The topological polar surface area (TPSA) is 95.9 Å². The molecule has 3 aromatic carbocycles. The SMILES string of the molecule is Cc1cccc(CN2C(=O)N/C(=C/c3ccc(OCc4cccc(C(=O)O)c4)cc3)C2=O)c1. The van der Waals surface area contributed by atoms with E-state index in [0.29, 0.717) is 5.75 Å². The van der Waals surface area contributed by atoms with E-state index in [1.807, 2.05) is 31.2 Å². The van der Waals surface area contributed by atoms with E-state index in [1.165, 1.54) is 11.0 Å². The van der Waals surface area contributed by atoms with Gasteiger partial charge in [-0.3, -0.25) is 9.69 Å². The van der Waals surface area contributed by atoms with Crippen LogP contribution in [0, 0.1) is 6.92 Å². The normalized spacial score (nSPS) is 14.5. The summed E-state index contributed by atoms with van der Waals surface area (Å²) < 4.78 is 5.72. The minimum atomic E-state index is -0.986. The number of carbonyl (C=O) groups excluding carboxylic acids is 2. The van der Waals surface area contributed by atoms with Gasteiger partial charge >= 0.3 is 12.0 Å². The number of carboxylic acid groups (broad SMARTS) is 1. The van der Waals surface area contributed by atoms with Crippen LogP contribution in [0.2, 0.25) is 0 Å². The van der Waals surface area contributed by atoms with Gasteiger partial charge in [-0.2, -0.15) is 0 Å². The molecule has 0 spiro atoms. The summed E-state index contributed by atoms with van der Waals surface area (Å²) >= 11 is 0. The fourth-order valence-electron chi connectivity index (χ4n) is 3.50. The molecule has 7 heteroatoms. The summed E-state index contributed by atoms with van der Waals surface area (Å²) in [6.07, 6.45) is 1.62. The van der Waals surface area contributed by atoms with Crippen LogP contribution in [0.5, 0.6) is 5.75 Å². The summed E-state index contributed by atoms with van der Waals surface area (Å²) in [6.45, 7) is 2.39. The van der Waals surface area contributed by atoms with Crippen molar-refractivity contribution in [1.29, 1.82) is 0 Å². The van der Waals surface area contributed by atoms with Crippen molar-refractivity contribution < 1.29 is 24.2 Å². The van der Waals surface area contributed by atoms with Crippen LogP contribution < -0.4 is 10.1 Å². The number of rotatable bonds is 7. The first-order valence-corrected chi connectivity index (χ1v) is 10.3. The van der Waals surface area contributed by atoms with E-state index in [4.69, 9.17) is 9.84 Å². The first-order chi connectivity index (χ1) is 15.9. The molecular weight excluding hydrogens is 420 g/mol. The van der Waals surface area contributed by atoms with Gasteiger partial charge in [0.25, 0.3) is 5.91 Å². The van der Waals surface area contributed by atoms with E-state index >= 15 is 0 Å². The van der Waals surface area contributed by atoms with E-state index in [-0.39, 0.29) is 30.3 Å². The summed E-state index contributed by atoms with van der Waals surface area (Å²) in [4.78, 5) is 37.3. The molecule has 1 aliphatic rings. The molecule has 0 bridgehead atoms. The number of aryl methyl sites for hydroxylation is 1. The van der Waals surface area contributed by atoms with Gasteiger partial charge in [-0.15, -0.1) is 0 Å². The van der Waals surface area contributed by atoms with E-state index in [1.54, 1.807) is 48.5 Å². The van der Waals surface area contributed by atoms with Crippen LogP contribution >= 0.6 is 0 Å². The summed E-state index contributed by atoms with van der Waals surface area (Å²) in [7, 11) is 0. The molecule has 2 N–H and O–H groups in total. The zero-order valence-corrected chi connectivity index (χ0v) is 17.9. The van der Waals surface area contributed by atoms with Crippen LogP contribution in [-0.2, 0) is 17.9 Å². The lowest BCUT2D eigenvalue weighted by Gasteiger charge is -2.12. The Labute approximate surface area is 190 Å². The second-order valence-corrected chi connectivity index (χ2v) is 7.73.